The normalized spacial score (nSPS) is 13.2. The number of hydrogen-bond acceptors (Lipinski definition) is 2. The summed E-state index contributed by atoms with van der Waals surface area (Å²) in [4.78, 5) is 0. The second kappa shape index (κ2) is 5.57. The van der Waals surface area contributed by atoms with Gasteiger partial charge >= 0.3 is 0 Å². The van der Waals surface area contributed by atoms with Crippen LogP contribution in [0, 0.1) is 0 Å². The molecule has 0 fully saturated rings. The van der Waals surface area contributed by atoms with Crippen LogP contribution in [0.1, 0.15) is 19.8 Å². The average Bonchev–Trinajstić information content (AvgIpc) is 1.83. The molecule has 8 heavy (non-hydrogen) atoms. The van der Waals surface area contributed by atoms with Crippen molar-refractivity contribution in [3.05, 3.63) is 0 Å². The Morgan fingerprint density at radius 2 is 2.38 bits per heavy atom. The van der Waals surface area contributed by atoms with Crippen LogP contribution in [0.2, 0.25) is 0 Å². The Morgan fingerprint density at radius 3 is 2.50 bits per heavy atom. The summed E-state index contributed by atoms with van der Waals surface area (Å²) >= 11 is 6.45. The fraction of sp³-hybridized carbons (Fsp3) is 0.833. The van der Waals surface area contributed by atoms with Crippen LogP contribution in [-0.2, 0) is 0 Å². The second-order valence-electron chi connectivity index (χ2n) is 1.63. The average molecular weight is 147 g/mol. The highest BCUT2D eigenvalue weighted by Gasteiger charge is 1.98. The Kier molecular flexibility index (Phi) is 5.88. The number of thiocarbonyl (C=S) groups is 1. The summed E-state index contributed by atoms with van der Waals surface area (Å²) in [5.74, 6) is 0. The zero-order valence-electron chi connectivity index (χ0n) is 5.31. The van der Waals surface area contributed by atoms with Crippen LogP contribution in [0.15, 0.2) is 0 Å². The summed E-state index contributed by atoms with van der Waals surface area (Å²) in [5, 5.41) is 3.28. The fourth-order valence-electron chi connectivity index (χ4n) is 0.487. The zero-order chi connectivity index (χ0) is 6.41. The topological polar surface area (TPSA) is 0 Å². The van der Waals surface area contributed by atoms with Crippen molar-refractivity contribution in [1.29, 1.82) is 0 Å². The molecule has 0 heterocycles. The van der Waals surface area contributed by atoms with E-state index >= 15 is 0 Å². The molecule has 0 aromatic heterocycles. The van der Waals surface area contributed by atoms with Gasteiger partial charge < -0.3 is 0 Å². The molecule has 0 saturated heterocycles. The number of rotatable bonds is 4. The third kappa shape index (κ3) is 3.44. The van der Waals surface area contributed by atoms with Crippen LogP contribution in [0.3, 0.4) is 0 Å². The van der Waals surface area contributed by atoms with Gasteiger partial charge in [0.1, 0.15) is 0 Å². The van der Waals surface area contributed by atoms with E-state index in [4.69, 9.17) is 0 Å². The molecule has 0 spiro atoms. The number of hydrogen-bond donors (Lipinski definition) is 0. The van der Waals surface area contributed by atoms with Crippen molar-refractivity contribution < 1.29 is 0 Å². The third-order valence-corrected chi connectivity index (χ3v) is 2.32. The van der Waals surface area contributed by atoms with E-state index in [1.807, 2.05) is 0 Å². The quantitative estimate of drug-likeness (QED) is 0.560. The molecule has 0 N–H and O–H groups in total. The van der Waals surface area contributed by atoms with Crippen LogP contribution in [0.4, 0.5) is 0 Å². The molecule has 0 saturated carbocycles. The smallest absolute Gasteiger partial charge is 0.0432 e. The SMILES string of the molecule is CCCC([C]=S)SC. The van der Waals surface area contributed by atoms with E-state index in [0.717, 1.165) is 0 Å². The van der Waals surface area contributed by atoms with Gasteiger partial charge in [0.2, 0.25) is 0 Å². The summed E-state index contributed by atoms with van der Waals surface area (Å²) in [7, 11) is 0. The summed E-state index contributed by atoms with van der Waals surface area (Å²) in [6.45, 7) is 2.16. The van der Waals surface area contributed by atoms with Crippen LogP contribution < -0.4 is 0 Å². The predicted molar refractivity (Wildman–Crippen MR) is 44.8 cm³/mol. The molecule has 0 nitrogen and oxygen atoms in total. The Bertz CT molecular complexity index is 61.5. The molecule has 0 aromatic rings. The molecule has 0 bridgehead atoms. The summed E-state index contributed by atoms with van der Waals surface area (Å²) in [6.07, 6.45) is 4.44. The van der Waals surface area contributed by atoms with Crippen LogP contribution in [0.25, 0.3) is 0 Å². The monoisotopic (exact) mass is 147 g/mol. The van der Waals surface area contributed by atoms with Crippen molar-refractivity contribution in [2.75, 3.05) is 6.26 Å². The maximum atomic E-state index is 4.67. The largest absolute Gasteiger partial charge is 0.156 e. The lowest BCUT2D eigenvalue weighted by molar-refractivity contribution is 0.858. The molecule has 1 unspecified atom stereocenters. The van der Waals surface area contributed by atoms with Gasteiger partial charge in [0.15, 0.2) is 0 Å². The van der Waals surface area contributed by atoms with Crippen LogP contribution in [0.5, 0.6) is 0 Å². The third-order valence-electron chi connectivity index (χ3n) is 0.967. The van der Waals surface area contributed by atoms with E-state index < -0.39 is 0 Å². The van der Waals surface area contributed by atoms with Crippen molar-refractivity contribution in [1.82, 2.24) is 0 Å². The molecule has 2 heteroatoms. The first-order valence-electron chi connectivity index (χ1n) is 2.75. The Morgan fingerprint density at radius 1 is 1.75 bits per heavy atom. The first kappa shape index (κ1) is 8.44. The van der Waals surface area contributed by atoms with Gasteiger partial charge in [0.05, 0.1) is 0 Å². The highest BCUT2D eigenvalue weighted by molar-refractivity contribution is 8.00. The molecule has 0 aliphatic carbocycles. The molecule has 0 rings (SSSR count). The summed E-state index contributed by atoms with van der Waals surface area (Å²) < 4.78 is 0. The zero-order valence-corrected chi connectivity index (χ0v) is 6.94. The minimum atomic E-state index is 0.481. The maximum Gasteiger partial charge on any atom is 0.0432 e. The lowest BCUT2D eigenvalue weighted by Crippen LogP contribution is -1.99. The Hall–Kier alpha value is 0.440. The van der Waals surface area contributed by atoms with Gasteiger partial charge in [-0.05, 0) is 12.7 Å². The molecular weight excluding hydrogens is 136 g/mol. The lowest BCUT2D eigenvalue weighted by Gasteiger charge is -2.02. The fourth-order valence-corrected chi connectivity index (χ4v) is 1.46. The molecule has 0 aliphatic rings. The van der Waals surface area contributed by atoms with Crippen LogP contribution in [-0.4, -0.2) is 16.9 Å². The molecule has 0 aromatic carbocycles. The number of thioether (sulfide) groups is 1. The molecule has 0 amide bonds. The van der Waals surface area contributed by atoms with E-state index in [9.17, 15) is 0 Å². The standard InChI is InChI=1S/C6H11S2/c1-3-4-6(5-7)8-2/h6H,3-4H2,1-2H3. The van der Waals surface area contributed by atoms with Crippen LogP contribution >= 0.6 is 24.0 Å². The molecule has 1 atom stereocenters. The van der Waals surface area contributed by atoms with Crippen molar-refractivity contribution in [2.45, 2.75) is 25.0 Å². The van der Waals surface area contributed by atoms with E-state index in [1.54, 1.807) is 11.8 Å². The van der Waals surface area contributed by atoms with Gasteiger partial charge in [0, 0.05) is 10.6 Å². The van der Waals surface area contributed by atoms with E-state index in [2.05, 4.69) is 30.8 Å². The van der Waals surface area contributed by atoms with Gasteiger partial charge in [-0.25, -0.2) is 0 Å². The molecule has 0 aliphatic heterocycles. The first-order chi connectivity index (χ1) is 3.85. The predicted octanol–water partition coefficient (Wildman–Crippen LogP) is 2.39. The Labute approximate surface area is 61.0 Å². The highest BCUT2D eigenvalue weighted by Crippen LogP contribution is 2.09. The lowest BCUT2D eigenvalue weighted by atomic mass is 10.3. The van der Waals surface area contributed by atoms with E-state index in [0.29, 0.717) is 5.25 Å². The molecule has 47 valence electrons. The minimum absolute atomic E-state index is 0.481. The molecule has 1 radical (unpaired) electrons. The summed E-state index contributed by atoms with van der Waals surface area (Å²) in [5.41, 5.74) is 0. The maximum absolute atomic E-state index is 4.67. The minimum Gasteiger partial charge on any atom is -0.156 e. The van der Waals surface area contributed by atoms with E-state index in [-0.39, 0.29) is 0 Å². The highest BCUT2D eigenvalue weighted by atomic mass is 32.2. The van der Waals surface area contributed by atoms with Gasteiger partial charge in [-0.3, -0.25) is 0 Å². The van der Waals surface area contributed by atoms with Crippen molar-refractivity contribution in [3.8, 4) is 0 Å². The van der Waals surface area contributed by atoms with Crippen molar-refractivity contribution >= 4 is 29.3 Å². The van der Waals surface area contributed by atoms with Gasteiger partial charge in [-0.15, -0.1) is 0 Å². The van der Waals surface area contributed by atoms with Crippen molar-refractivity contribution in [3.63, 3.8) is 0 Å². The first-order valence-corrected chi connectivity index (χ1v) is 4.45. The Balaban J connectivity index is 3.21. The second-order valence-corrected chi connectivity index (χ2v) is 2.91. The van der Waals surface area contributed by atoms with E-state index in [1.165, 1.54) is 12.8 Å². The molecular formula is C6H11S2. The van der Waals surface area contributed by atoms with Gasteiger partial charge in [-0.2, -0.15) is 11.8 Å². The van der Waals surface area contributed by atoms with Crippen molar-refractivity contribution in [2.24, 2.45) is 0 Å². The van der Waals surface area contributed by atoms with Gasteiger partial charge in [0.25, 0.3) is 0 Å². The van der Waals surface area contributed by atoms with Gasteiger partial charge in [-0.1, -0.05) is 25.6 Å². The summed E-state index contributed by atoms with van der Waals surface area (Å²) in [6, 6.07) is 0.